The molecule has 0 aromatic heterocycles. The Hall–Kier alpha value is -2.41. The summed E-state index contributed by atoms with van der Waals surface area (Å²) >= 11 is 0. The minimum atomic E-state index is -1.51. The number of nitrogens with zero attached hydrogens (tertiary/aromatic N) is 1. The van der Waals surface area contributed by atoms with Crippen molar-refractivity contribution in [2.45, 2.75) is 38.6 Å². The molecule has 1 saturated carbocycles. The van der Waals surface area contributed by atoms with E-state index in [4.69, 9.17) is 10.9 Å². The second kappa shape index (κ2) is 7.00. The first kappa shape index (κ1) is 17.9. The van der Waals surface area contributed by atoms with Crippen molar-refractivity contribution in [1.29, 1.82) is 0 Å². The molecule has 1 atom stereocenters. The Morgan fingerprint density at radius 3 is 2.33 bits per heavy atom. The smallest absolute Gasteiger partial charge is 0.275 e. The molecule has 7 heteroatoms. The maximum Gasteiger partial charge on any atom is 0.275 e. The van der Waals surface area contributed by atoms with E-state index in [1.54, 1.807) is 0 Å². The average Bonchev–Trinajstić information content (AvgIpc) is 3.34. The Bertz CT molecular complexity index is 638. The van der Waals surface area contributed by atoms with Crippen molar-refractivity contribution < 1.29 is 19.6 Å². The highest BCUT2D eigenvalue weighted by atomic mass is 16.5. The van der Waals surface area contributed by atoms with Gasteiger partial charge in [-0.3, -0.25) is 19.6 Å². The molecule has 130 valence electrons. The van der Waals surface area contributed by atoms with Crippen LogP contribution in [0.3, 0.4) is 0 Å². The van der Waals surface area contributed by atoms with Gasteiger partial charge in [0.05, 0.1) is 0 Å². The van der Waals surface area contributed by atoms with E-state index in [0.29, 0.717) is 19.3 Å². The number of aryl methyl sites for hydroxylation is 2. The molecule has 0 saturated heterocycles. The zero-order valence-corrected chi connectivity index (χ0v) is 13.9. The summed E-state index contributed by atoms with van der Waals surface area (Å²) in [5, 5.41) is 8.73. The molecule has 0 spiro atoms. The van der Waals surface area contributed by atoms with Crippen molar-refractivity contribution in [2.24, 2.45) is 11.1 Å². The lowest BCUT2D eigenvalue weighted by Gasteiger charge is -2.28. The molecule has 0 unspecified atom stereocenters. The van der Waals surface area contributed by atoms with E-state index < -0.39 is 23.3 Å². The van der Waals surface area contributed by atoms with E-state index in [1.807, 2.05) is 31.2 Å². The van der Waals surface area contributed by atoms with Gasteiger partial charge in [-0.05, 0) is 38.2 Å². The van der Waals surface area contributed by atoms with Crippen molar-refractivity contribution in [3.05, 3.63) is 35.4 Å². The number of carbonyl (C=O) groups is 3. The van der Waals surface area contributed by atoms with E-state index in [-0.39, 0.29) is 5.91 Å². The Balaban J connectivity index is 2.05. The quantitative estimate of drug-likeness (QED) is 0.384. The molecule has 0 aliphatic heterocycles. The van der Waals surface area contributed by atoms with Crippen LogP contribution in [-0.4, -0.2) is 40.9 Å². The maximum atomic E-state index is 12.7. The van der Waals surface area contributed by atoms with Gasteiger partial charge in [0.2, 0.25) is 11.8 Å². The molecule has 0 radical (unpaired) electrons. The number of carbonyl (C=O) groups excluding carboxylic acids is 3. The zero-order chi connectivity index (χ0) is 17.9. The third-order valence-electron chi connectivity index (χ3n) is 4.66. The molecular formula is C17H23N3O4. The average molecular weight is 333 g/mol. The van der Waals surface area contributed by atoms with Crippen LogP contribution in [0.2, 0.25) is 0 Å². The molecule has 1 aliphatic carbocycles. The van der Waals surface area contributed by atoms with Crippen LogP contribution in [0.1, 0.15) is 30.4 Å². The summed E-state index contributed by atoms with van der Waals surface area (Å²) in [5.41, 5.74) is 8.34. The first-order chi connectivity index (χ1) is 11.3. The predicted molar refractivity (Wildman–Crippen MR) is 86.8 cm³/mol. The lowest BCUT2D eigenvalue weighted by Crippen LogP contribution is -2.55. The van der Waals surface area contributed by atoms with Gasteiger partial charge in [-0.15, -0.1) is 0 Å². The van der Waals surface area contributed by atoms with Crippen molar-refractivity contribution in [2.75, 3.05) is 7.05 Å². The summed E-state index contributed by atoms with van der Waals surface area (Å²) in [5.74, 6) is -2.28. The molecule has 3 amide bonds. The fourth-order valence-electron chi connectivity index (χ4n) is 2.91. The lowest BCUT2D eigenvalue weighted by atomic mass is 9.94. The Morgan fingerprint density at radius 1 is 1.29 bits per heavy atom. The fourth-order valence-corrected chi connectivity index (χ4v) is 2.91. The number of hydrogen-bond acceptors (Lipinski definition) is 4. The molecule has 1 fully saturated rings. The number of nitrogens with one attached hydrogen (secondary N) is 1. The number of nitrogens with two attached hydrogens (primary N) is 1. The number of likely N-dealkylation sites (N-methyl/N-ethyl adjacent to an activating group) is 1. The SMILES string of the molecule is Cc1ccc(CCC2(C(=O)N(C)[C@H](C(N)=O)C(=O)NO)CC2)cc1. The highest BCUT2D eigenvalue weighted by Crippen LogP contribution is 2.51. The lowest BCUT2D eigenvalue weighted by molar-refractivity contribution is -0.151. The summed E-state index contributed by atoms with van der Waals surface area (Å²) in [4.78, 5) is 36.8. The monoisotopic (exact) mass is 333 g/mol. The summed E-state index contributed by atoms with van der Waals surface area (Å²) in [6.07, 6.45) is 2.82. The van der Waals surface area contributed by atoms with E-state index >= 15 is 0 Å². The van der Waals surface area contributed by atoms with Crippen LogP contribution in [0.4, 0.5) is 0 Å². The molecular weight excluding hydrogens is 310 g/mol. The van der Waals surface area contributed by atoms with Crippen LogP contribution >= 0.6 is 0 Å². The van der Waals surface area contributed by atoms with Gasteiger partial charge in [-0.1, -0.05) is 29.8 Å². The second-order valence-electron chi connectivity index (χ2n) is 6.46. The topological polar surface area (TPSA) is 113 Å². The maximum absolute atomic E-state index is 12.7. The second-order valence-corrected chi connectivity index (χ2v) is 6.46. The van der Waals surface area contributed by atoms with Crippen LogP contribution < -0.4 is 11.2 Å². The largest absolute Gasteiger partial charge is 0.367 e. The van der Waals surface area contributed by atoms with Gasteiger partial charge >= 0.3 is 0 Å². The molecule has 24 heavy (non-hydrogen) atoms. The Morgan fingerprint density at radius 2 is 1.88 bits per heavy atom. The highest BCUT2D eigenvalue weighted by Gasteiger charge is 2.52. The normalized spacial score (nSPS) is 16.1. The highest BCUT2D eigenvalue weighted by molar-refractivity contribution is 6.06. The third kappa shape index (κ3) is 3.73. The van der Waals surface area contributed by atoms with Crippen molar-refractivity contribution in [3.8, 4) is 0 Å². The number of benzene rings is 1. The molecule has 0 heterocycles. The molecule has 2 rings (SSSR count). The standard InChI is InChI=1S/C17H23N3O4/c1-11-3-5-12(6-4-11)7-8-17(9-10-17)16(23)20(2)13(14(18)21)15(22)19-24/h3-6,13,24H,7-10H2,1-2H3,(H2,18,21)(H,19,22)/t13-/m1/s1. The summed E-state index contributed by atoms with van der Waals surface area (Å²) in [7, 11) is 1.36. The van der Waals surface area contributed by atoms with Crippen molar-refractivity contribution in [1.82, 2.24) is 10.4 Å². The van der Waals surface area contributed by atoms with Gasteiger partial charge in [0.1, 0.15) is 0 Å². The molecule has 1 aliphatic rings. The van der Waals surface area contributed by atoms with E-state index in [2.05, 4.69) is 0 Å². The van der Waals surface area contributed by atoms with Crippen LogP contribution in [0.25, 0.3) is 0 Å². The molecule has 4 N–H and O–H groups in total. The van der Waals surface area contributed by atoms with Crippen LogP contribution in [0.5, 0.6) is 0 Å². The number of amides is 3. The number of hydroxylamine groups is 1. The van der Waals surface area contributed by atoms with Gasteiger partial charge in [0.15, 0.2) is 6.04 Å². The minimum absolute atomic E-state index is 0.290. The fraction of sp³-hybridized carbons (Fsp3) is 0.471. The first-order valence-electron chi connectivity index (χ1n) is 7.87. The number of rotatable bonds is 7. The van der Waals surface area contributed by atoms with E-state index in [0.717, 1.165) is 16.9 Å². The molecule has 1 aromatic rings. The molecule has 0 bridgehead atoms. The minimum Gasteiger partial charge on any atom is -0.367 e. The zero-order valence-electron chi connectivity index (χ0n) is 13.9. The Kier molecular flexibility index (Phi) is 5.23. The van der Waals surface area contributed by atoms with Crippen molar-refractivity contribution in [3.63, 3.8) is 0 Å². The van der Waals surface area contributed by atoms with E-state index in [1.165, 1.54) is 18.1 Å². The third-order valence-corrected chi connectivity index (χ3v) is 4.66. The van der Waals surface area contributed by atoms with Gasteiger partial charge in [-0.2, -0.15) is 0 Å². The predicted octanol–water partition coefficient (Wildman–Crippen LogP) is 0.526. The summed E-state index contributed by atoms with van der Waals surface area (Å²) < 4.78 is 0. The molecule has 1 aromatic carbocycles. The van der Waals surface area contributed by atoms with Gasteiger partial charge in [0.25, 0.3) is 5.91 Å². The first-order valence-corrected chi connectivity index (χ1v) is 7.87. The molecule has 7 nitrogen and oxygen atoms in total. The van der Waals surface area contributed by atoms with Gasteiger partial charge < -0.3 is 10.6 Å². The summed E-state index contributed by atoms with van der Waals surface area (Å²) in [6, 6.07) is 6.60. The van der Waals surface area contributed by atoms with E-state index in [9.17, 15) is 14.4 Å². The Labute approximate surface area is 140 Å². The van der Waals surface area contributed by atoms with Gasteiger partial charge in [0, 0.05) is 12.5 Å². The van der Waals surface area contributed by atoms with Crippen LogP contribution in [-0.2, 0) is 20.8 Å². The van der Waals surface area contributed by atoms with Crippen LogP contribution in [0.15, 0.2) is 24.3 Å². The van der Waals surface area contributed by atoms with Crippen LogP contribution in [0, 0.1) is 12.3 Å². The van der Waals surface area contributed by atoms with Crippen molar-refractivity contribution >= 4 is 17.7 Å². The number of hydrogen-bond donors (Lipinski definition) is 3. The number of primary amides is 1. The van der Waals surface area contributed by atoms with Gasteiger partial charge in [-0.25, -0.2) is 5.48 Å². The summed E-state index contributed by atoms with van der Waals surface area (Å²) in [6.45, 7) is 2.01.